The first-order valence-corrected chi connectivity index (χ1v) is 8.51. The van der Waals surface area contributed by atoms with Gasteiger partial charge in [0.1, 0.15) is 0 Å². The fourth-order valence-electron chi connectivity index (χ4n) is 2.19. The molecule has 0 aliphatic carbocycles. The number of aryl methyl sites for hydroxylation is 1. The van der Waals surface area contributed by atoms with E-state index in [1.54, 1.807) is 6.20 Å². The molecule has 3 aromatic rings. The van der Waals surface area contributed by atoms with Crippen molar-refractivity contribution in [3.63, 3.8) is 0 Å². The predicted octanol–water partition coefficient (Wildman–Crippen LogP) is 2.45. The highest BCUT2D eigenvalue weighted by Gasteiger charge is 2.15. The van der Waals surface area contributed by atoms with Crippen LogP contribution in [0.5, 0.6) is 0 Å². The van der Waals surface area contributed by atoms with Crippen molar-refractivity contribution in [2.75, 3.05) is 11.1 Å². The van der Waals surface area contributed by atoms with Crippen molar-refractivity contribution >= 4 is 50.2 Å². The zero-order valence-corrected chi connectivity index (χ0v) is 15.7. The van der Waals surface area contributed by atoms with Crippen LogP contribution in [0.4, 0.5) is 17.5 Å². The van der Waals surface area contributed by atoms with Crippen LogP contribution in [0.3, 0.4) is 0 Å². The smallest absolute Gasteiger partial charge is 0.273 e. The summed E-state index contributed by atoms with van der Waals surface area (Å²) < 4.78 is 2.71. The lowest BCUT2D eigenvalue weighted by Crippen LogP contribution is -2.18. The molecule has 9 nitrogen and oxygen atoms in total. The molecule has 0 radical (unpaired) electrons. The van der Waals surface area contributed by atoms with E-state index in [-0.39, 0.29) is 17.5 Å². The molecule has 0 aliphatic heterocycles. The first-order chi connectivity index (χ1) is 12.0. The average Bonchev–Trinajstić information content (AvgIpc) is 3.00. The van der Waals surface area contributed by atoms with Crippen molar-refractivity contribution in [2.45, 2.75) is 27.3 Å². The lowest BCUT2D eigenvalue weighted by Gasteiger charge is -2.10. The van der Waals surface area contributed by atoms with Crippen molar-refractivity contribution in [1.29, 1.82) is 0 Å². The number of fused-ring (bicyclic) bond motifs is 1. The van der Waals surface area contributed by atoms with Gasteiger partial charge in [-0.05, 0) is 35.0 Å². The van der Waals surface area contributed by atoms with Gasteiger partial charge in [-0.15, -0.1) is 10.2 Å². The number of nitrogens with zero attached hydrogens (tertiary/aromatic N) is 5. The van der Waals surface area contributed by atoms with Gasteiger partial charge in [-0.3, -0.25) is 9.48 Å². The van der Waals surface area contributed by atoms with E-state index in [0.717, 1.165) is 21.9 Å². The van der Waals surface area contributed by atoms with Gasteiger partial charge in [0.25, 0.3) is 5.91 Å². The summed E-state index contributed by atoms with van der Waals surface area (Å²) in [6.45, 7) is 6.73. The first kappa shape index (κ1) is 18.6. The van der Waals surface area contributed by atoms with Crippen LogP contribution in [-0.2, 0) is 6.54 Å². The van der Waals surface area contributed by atoms with Crippen molar-refractivity contribution in [1.82, 2.24) is 25.0 Å². The van der Waals surface area contributed by atoms with E-state index in [4.69, 9.17) is 11.5 Å². The van der Waals surface area contributed by atoms with Gasteiger partial charge in [-0.2, -0.15) is 10.1 Å². The molecule has 5 N–H and O–H groups in total. The molecule has 0 bridgehead atoms. The number of amides is 1. The summed E-state index contributed by atoms with van der Waals surface area (Å²) in [6, 6.07) is 3.73. The SMILES string of the molecule is CC.CCn1ncc2c(Br)cc(Nc3nc(N)nnc3C(N)=O)cc21. The Morgan fingerprint density at radius 1 is 1.32 bits per heavy atom. The second-order valence-corrected chi connectivity index (χ2v) is 5.56. The number of primary amides is 1. The average molecular weight is 407 g/mol. The van der Waals surface area contributed by atoms with Crippen molar-refractivity contribution in [3.05, 3.63) is 28.5 Å². The Labute approximate surface area is 152 Å². The largest absolute Gasteiger partial charge is 0.366 e. The van der Waals surface area contributed by atoms with Crippen LogP contribution in [0.2, 0.25) is 0 Å². The number of hydrogen-bond acceptors (Lipinski definition) is 7. The monoisotopic (exact) mass is 406 g/mol. The maximum absolute atomic E-state index is 11.4. The van der Waals surface area contributed by atoms with Gasteiger partial charge in [-0.25, -0.2) is 0 Å². The molecule has 2 heterocycles. The highest BCUT2D eigenvalue weighted by molar-refractivity contribution is 9.10. The number of anilines is 3. The fraction of sp³-hybridized carbons (Fsp3) is 0.267. The third-order valence-corrected chi connectivity index (χ3v) is 3.87. The van der Waals surface area contributed by atoms with Crippen LogP contribution in [0.25, 0.3) is 10.9 Å². The molecule has 132 valence electrons. The Hall–Kier alpha value is -2.75. The summed E-state index contributed by atoms with van der Waals surface area (Å²) >= 11 is 3.51. The van der Waals surface area contributed by atoms with Crippen LogP contribution in [-0.4, -0.2) is 30.9 Å². The van der Waals surface area contributed by atoms with Crippen molar-refractivity contribution in [2.24, 2.45) is 5.73 Å². The summed E-state index contributed by atoms with van der Waals surface area (Å²) in [5.74, 6) is -0.652. The van der Waals surface area contributed by atoms with E-state index < -0.39 is 5.91 Å². The third kappa shape index (κ3) is 3.85. The molecular formula is C15H19BrN8O. The van der Waals surface area contributed by atoms with Crippen LogP contribution < -0.4 is 16.8 Å². The number of halogens is 1. The van der Waals surface area contributed by atoms with Crippen LogP contribution in [0.15, 0.2) is 22.8 Å². The second kappa shape index (κ2) is 7.88. The number of benzene rings is 1. The Bertz CT molecular complexity index is 908. The molecule has 10 heteroatoms. The minimum absolute atomic E-state index is 0.0590. The molecule has 25 heavy (non-hydrogen) atoms. The van der Waals surface area contributed by atoms with Crippen LogP contribution >= 0.6 is 15.9 Å². The van der Waals surface area contributed by atoms with E-state index >= 15 is 0 Å². The normalized spacial score (nSPS) is 10.2. The standard InChI is InChI=1S/C13H13BrN8O.C2H6/c1-2-22-9-4-6(3-8(14)7(9)5-17-22)18-12-10(11(15)23)20-21-13(16)19-12;1-2/h3-5H,2H2,1H3,(H2,15,23)(H3,16,18,19,21);1-2H3. The molecule has 0 unspecified atom stereocenters. The number of carbonyl (C=O) groups excluding carboxylic acids is 1. The topological polar surface area (TPSA) is 138 Å². The minimum Gasteiger partial charge on any atom is -0.366 e. The maximum Gasteiger partial charge on any atom is 0.273 e. The fourth-order valence-corrected chi connectivity index (χ4v) is 2.74. The zero-order chi connectivity index (χ0) is 18.6. The van der Waals surface area contributed by atoms with E-state index in [1.165, 1.54) is 0 Å². The molecule has 0 saturated carbocycles. The number of aromatic nitrogens is 5. The molecule has 0 aliphatic rings. The number of rotatable bonds is 4. The van der Waals surface area contributed by atoms with Crippen molar-refractivity contribution in [3.8, 4) is 0 Å². The Morgan fingerprint density at radius 2 is 2.04 bits per heavy atom. The van der Waals surface area contributed by atoms with Gasteiger partial charge in [0.05, 0.1) is 11.7 Å². The number of hydrogen-bond donors (Lipinski definition) is 3. The molecule has 3 rings (SSSR count). The minimum atomic E-state index is -0.744. The van der Waals surface area contributed by atoms with Gasteiger partial charge in [0.2, 0.25) is 5.95 Å². The molecule has 0 atom stereocenters. The number of carbonyl (C=O) groups is 1. The summed E-state index contributed by atoms with van der Waals surface area (Å²) in [5.41, 5.74) is 12.3. The zero-order valence-electron chi connectivity index (χ0n) is 14.1. The number of nitrogen functional groups attached to an aromatic ring is 1. The third-order valence-electron chi connectivity index (χ3n) is 3.21. The quantitative estimate of drug-likeness (QED) is 0.604. The Kier molecular flexibility index (Phi) is 5.86. The summed E-state index contributed by atoms with van der Waals surface area (Å²) in [7, 11) is 0. The first-order valence-electron chi connectivity index (χ1n) is 7.71. The van der Waals surface area contributed by atoms with E-state index in [2.05, 4.69) is 41.5 Å². The van der Waals surface area contributed by atoms with E-state index in [1.807, 2.05) is 37.6 Å². The Morgan fingerprint density at radius 3 is 2.68 bits per heavy atom. The lowest BCUT2D eigenvalue weighted by atomic mass is 10.2. The van der Waals surface area contributed by atoms with Gasteiger partial charge < -0.3 is 16.8 Å². The second-order valence-electron chi connectivity index (χ2n) is 4.71. The van der Waals surface area contributed by atoms with Gasteiger partial charge in [-0.1, -0.05) is 13.8 Å². The van der Waals surface area contributed by atoms with Crippen molar-refractivity contribution < 1.29 is 4.79 Å². The van der Waals surface area contributed by atoms with Crippen LogP contribution in [0.1, 0.15) is 31.3 Å². The van der Waals surface area contributed by atoms with E-state index in [9.17, 15) is 4.79 Å². The lowest BCUT2D eigenvalue weighted by molar-refractivity contribution is 0.0995. The molecule has 1 amide bonds. The molecule has 0 saturated heterocycles. The van der Waals surface area contributed by atoms with E-state index in [0.29, 0.717) is 5.69 Å². The molecule has 2 aromatic heterocycles. The summed E-state index contributed by atoms with van der Waals surface area (Å²) in [5, 5.41) is 15.5. The molecule has 0 fully saturated rings. The Balaban J connectivity index is 0.00000109. The summed E-state index contributed by atoms with van der Waals surface area (Å²) in [4.78, 5) is 15.4. The van der Waals surface area contributed by atoms with Gasteiger partial charge in [0.15, 0.2) is 11.5 Å². The highest BCUT2D eigenvalue weighted by atomic mass is 79.9. The predicted molar refractivity (Wildman–Crippen MR) is 100 cm³/mol. The molecular weight excluding hydrogens is 388 g/mol. The maximum atomic E-state index is 11.4. The number of nitrogens with two attached hydrogens (primary N) is 2. The van der Waals surface area contributed by atoms with Crippen LogP contribution in [0, 0.1) is 0 Å². The highest BCUT2D eigenvalue weighted by Crippen LogP contribution is 2.30. The summed E-state index contributed by atoms with van der Waals surface area (Å²) in [6.07, 6.45) is 1.78. The van der Waals surface area contributed by atoms with Gasteiger partial charge >= 0.3 is 0 Å². The molecule has 0 spiro atoms. The van der Waals surface area contributed by atoms with Gasteiger partial charge in [0, 0.05) is 22.1 Å². The number of nitrogens with one attached hydrogen (secondary N) is 1. The molecule has 1 aromatic carbocycles.